The Morgan fingerprint density at radius 2 is 2.05 bits per heavy atom. The second-order valence-corrected chi connectivity index (χ2v) is 4.59. The molecule has 19 heavy (non-hydrogen) atoms. The molecule has 4 nitrogen and oxygen atoms in total. The van der Waals surface area contributed by atoms with Gasteiger partial charge in [-0.15, -0.1) is 0 Å². The fraction of sp³-hybridized carbons (Fsp3) is 0.0714. The van der Waals surface area contributed by atoms with Crippen molar-refractivity contribution in [2.45, 2.75) is 0 Å². The molecule has 2 rings (SSSR count). The molecule has 0 saturated heterocycles. The van der Waals surface area contributed by atoms with Crippen molar-refractivity contribution in [3.63, 3.8) is 0 Å². The van der Waals surface area contributed by atoms with E-state index in [4.69, 9.17) is 20.5 Å². The summed E-state index contributed by atoms with van der Waals surface area (Å²) in [6.07, 6.45) is 0. The van der Waals surface area contributed by atoms with Gasteiger partial charge in [0.05, 0.1) is 22.8 Å². The lowest BCUT2D eigenvalue weighted by molar-refractivity contribution is 0.408. The summed E-state index contributed by atoms with van der Waals surface area (Å²) in [5.41, 5.74) is 6.76. The fourth-order valence-corrected chi connectivity index (χ4v) is 2.01. The van der Waals surface area contributed by atoms with E-state index in [9.17, 15) is 0 Å². The van der Waals surface area contributed by atoms with Crippen molar-refractivity contribution < 1.29 is 9.47 Å². The number of rotatable bonds is 3. The Hall–Kier alpha value is -2.19. The highest BCUT2D eigenvalue weighted by molar-refractivity contribution is 9.10. The lowest BCUT2D eigenvalue weighted by atomic mass is 10.2. The zero-order chi connectivity index (χ0) is 13.8. The topological polar surface area (TPSA) is 68.3 Å². The number of nitrogens with two attached hydrogens (primary N) is 1. The van der Waals surface area contributed by atoms with Crippen molar-refractivity contribution in [3.8, 4) is 23.3 Å². The summed E-state index contributed by atoms with van der Waals surface area (Å²) in [6, 6.07) is 12.4. The van der Waals surface area contributed by atoms with Crippen molar-refractivity contribution in [1.82, 2.24) is 0 Å². The van der Waals surface area contributed by atoms with E-state index < -0.39 is 0 Å². The maximum Gasteiger partial charge on any atom is 0.164 e. The average molecular weight is 319 g/mol. The number of nitriles is 1. The molecule has 0 unspecified atom stereocenters. The minimum absolute atomic E-state index is 0.403. The van der Waals surface area contributed by atoms with Crippen LogP contribution in [0.2, 0.25) is 0 Å². The normalized spacial score (nSPS) is 9.74. The van der Waals surface area contributed by atoms with Gasteiger partial charge in [-0.25, -0.2) is 0 Å². The molecule has 2 N–H and O–H groups in total. The lowest BCUT2D eigenvalue weighted by Crippen LogP contribution is -1.95. The second kappa shape index (κ2) is 5.63. The largest absolute Gasteiger partial charge is 0.497 e. The number of nitrogens with zero attached hydrogens (tertiary/aromatic N) is 1. The van der Waals surface area contributed by atoms with Crippen LogP contribution in [-0.4, -0.2) is 7.11 Å². The molecule has 2 aromatic rings. The van der Waals surface area contributed by atoms with Gasteiger partial charge in [-0.1, -0.05) is 6.07 Å². The van der Waals surface area contributed by atoms with Gasteiger partial charge in [0.15, 0.2) is 5.75 Å². The second-order valence-electron chi connectivity index (χ2n) is 3.73. The number of nitrogen functional groups attached to an aromatic ring is 1. The molecule has 0 heterocycles. The van der Waals surface area contributed by atoms with Crippen LogP contribution in [0.5, 0.6) is 17.2 Å². The van der Waals surface area contributed by atoms with Crippen LogP contribution in [0.1, 0.15) is 5.56 Å². The summed E-state index contributed by atoms with van der Waals surface area (Å²) in [7, 11) is 1.55. The molecule has 0 radical (unpaired) electrons. The zero-order valence-corrected chi connectivity index (χ0v) is 11.8. The van der Waals surface area contributed by atoms with Gasteiger partial charge >= 0.3 is 0 Å². The number of para-hydroxylation sites is 1. The number of anilines is 1. The Morgan fingerprint density at radius 3 is 2.68 bits per heavy atom. The molecule has 0 aliphatic heterocycles. The van der Waals surface area contributed by atoms with Gasteiger partial charge in [-0.05, 0) is 40.2 Å². The molecule has 0 spiro atoms. The minimum atomic E-state index is 0.403. The van der Waals surface area contributed by atoms with E-state index in [0.717, 1.165) is 4.47 Å². The van der Waals surface area contributed by atoms with Gasteiger partial charge in [-0.2, -0.15) is 5.26 Å². The van der Waals surface area contributed by atoms with E-state index in [-0.39, 0.29) is 0 Å². The summed E-state index contributed by atoms with van der Waals surface area (Å²) in [4.78, 5) is 0. The first kappa shape index (κ1) is 13.2. The Bertz CT molecular complexity index is 630. The van der Waals surface area contributed by atoms with Gasteiger partial charge in [0.25, 0.3) is 0 Å². The summed E-state index contributed by atoms with van der Waals surface area (Å²) >= 11 is 3.37. The van der Waals surface area contributed by atoms with Crippen LogP contribution in [0.4, 0.5) is 5.69 Å². The molecule has 0 aliphatic rings. The molecule has 5 heteroatoms. The summed E-state index contributed by atoms with van der Waals surface area (Å²) < 4.78 is 11.6. The molecule has 0 atom stereocenters. The molecule has 2 aromatic carbocycles. The lowest BCUT2D eigenvalue weighted by Gasteiger charge is -2.12. The van der Waals surface area contributed by atoms with Crippen molar-refractivity contribution >= 4 is 21.6 Å². The zero-order valence-electron chi connectivity index (χ0n) is 10.2. The number of benzene rings is 2. The fourth-order valence-electron chi connectivity index (χ4n) is 1.55. The molecule has 96 valence electrons. The highest BCUT2D eigenvalue weighted by Gasteiger charge is 2.11. The number of halogens is 1. The average Bonchev–Trinajstić information content (AvgIpc) is 2.42. The third-order valence-electron chi connectivity index (χ3n) is 2.52. The molecular weight excluding hydrogens is 308 g/mol. The molecule has 0 saturated carbocycles. The van der Waals surface area contributed by atoms with Crippen LogP contribution < -0.4 is 15.2 Å². The van der Waals surface area contributed by atoms with Gasteiger partial charge < -0.3 is 15.2 Å². The maximum absolute atomic E-state index is 9.08. The smallest absolute Gasteiger partial charge is 0.164 e. The number of ether oxygens (including phenoxy) is 2. The summed E-state index contributed by atoms with van der Waals surface area (Å²) in [5, 5.41) is 9.08. The highest BCUT2D eigenvalue weighted by atomic mass is 79.9. The Morgan fingerprint density at radius 1 is 1.26 bits per heavy atom. The van der Waals surface area contributed by atoms with Crippen molar-refractivity contribution in [3.05, 3.63) is 46.4 Å². The predicted octanol–water partition coefficient (Wildman–Crippen LogP) is 3.70. The van der Waals surface area contributed by atoms with Crippen LogP contribution in [0.15, 0.2) is 40.9 Å². The first-order valence-corrected chi connectivity index (χ1v) is 6.25. The van der Waals surface area contributed by atoms with Crippen LogP contribution in [-0.2, 0) is 0 Å². The molecule has 0 aliphatic carbocycles. The van der Waals surface area contributed by atoms with Crippen LogP contribution in [0.3, 0.4) is 0 Å². The van der Waals surface area contributed by atoms with Gasteiger partial charge in [-0.3, -0.25) is 0 Å². The number of hydrogen-bond donors (Lipinski definition) is 1. The third-order valence-corrected chi connectivity index (χ3v) is 3.14. The van der Waals surface area contributed by atoms with Gasteiger partial charge in [0.1, 0.15) is 17.6 Å². The first-order valence-electron chi connectivity index (χ1n) is 5.45. The molecule has 0 bridgehead atoms. The van der Waals surface area contributed by atoms with E-state index in [2.05, 4.69) is 22.0 Å². The Balaban J connectivity index is 2.46. The van der Waals surface area contributed by atoms with Crippen molar-refractivity contribution in [2.75, 3.05) is 12.8 Å². The van der Waals surface area contributed by atoms with Crippen LogP contribution >= 0.6 is 15.9 Å². The minimum Gasteiger partial charge on any atom is -0.497 e. The predicted molar refractivity (Wildman–Crippen MR) is 76.3 cm³/mol. The van der Waals surface area contributed by atoms with E-state index >= 15 is 0 Å². The van der Waals surface area contributed by atoms with Gasteiger partial charge in [0.2, 0.25) is 0 Å². The quantitative estimate of drug-likeness (QED) is 0.876. The van der Waals surface area contributed by atoms with Gasteiger partial charge in [0, 0.05) is 6.07 Å². The molecular formula is C14H11BrN2O2. The Kier molecular flexibility index (Phi) is 3.93. The summed E-state index contributed by atoms with van der Waals surface area (Å²) in [6.45, 7) is 0. The van der Waals surface area contributed by atoms with Crippen molar-refractivity contribution in [2.24, 2.45) is 0 Å². The molecule has 0 fully saturated rings. The van der Waals surface area contributed by atoms with Crippen LogP contribution in [0, 0.1) is 11.3 Å². The van der Waals surface area contributed by atoms with E-state index in [0.29, 0.717) is 28.5 Å². The Labute approximate surface area is 119 Å². The number of methoxy groups -OCH3 is 1. The van der Waals surface area contributed by atoms with Crippen LogP contribution in [0.25, 0.3) is 0 Å². The molecule has 0 amide bonds. The van der Waals surface area contributed by atoms with E-state index in [1.54, 1.807) is 31.4 Å². The third kappa shape index (κ3) is 2.80. The monoisotopic (exact) mass is 318 g/mol. The van der Waals surface area contributed by atoms with Crippen molar-refractivity contribution in [1.29, 1.82) is 5.26 Å². The van der Waals surface area contributed by atoms with E-state index in [1.165, 1.54) is 0 Å². The molecule has 0 aromatic heterocycles. The highest BCUT2D eigenvalue weighted by Crippen LogP contribution is 2.37. The summed E-state index contributed by atoms with van der Waals surface area (Å²) in [5.74, 6) is 1.49. The SMILES string of the molecule is COc1ccc(C#N)c(Oc2c(N)cccc2Br)c1. The van der Waals surface area contributed by atoms with E-state index in [1.807, 2.05) is 12.1 Å². The number of hydrogen-bond acceptors (Lipinski definition) is 4. The first-order chi connectivity index (χ1) is 9.15. The maximum atomic E-state index is 9.08. The standard InChI is InChI=1S/C14H11BrN2O2/c1-18-10-6-5-9(8-16)13(7-10)19-14-11(15)3-2-4-12(14)17/h2-7H,17H2,1H3.